The van der Waals surface area contributed by atoms with E-state index in [0.717, 1.165) is 12.1 Å². The van der Waals surface area contributed by atoms with Gasteiger partial charge in [0.25, 0.3) is 0 Å². The Morgan fingerprint density at radius 1 is 0.848 bits per heavy atom. The number of hydrogen-bond acceptors (Lipinski definition) is 4. The molecule has 3 aromatic carbocycles. The number of nitrogens with zero attached hydrogens (tertiary/aromatic N) is 1. The second-order valence-corrected chi connectivity index (χ2v) is 7.46. The fourth-order valence-corrected chi connectivity index (χ4v) is 3.82. The maximum absolute atomic E-state index is 13.1. The third kappa shape index (κ3) is 3.61. The van der Waals surface area contributed by atoms with E-state index in [4.69, 9.17) is 9.15 Å². The predicted molar refractivity (Wildman–Crippen MR) is 120 cm³/mol. The van der Waals surface area contributed by atoms with Crippen molar-refractivity contribution in [3.8, 4) is 28.1 Å². The molecule has 0 unspecified atom stereocenters. The van der Waals surface area contributed by atoms with Gasteiger partial charge in [-0.25, -0.2) is 0 Å². The van der Waals surface area contributed by atoms with E-state index >= 15 is 0 Å². The molecule has 0 aliphatic carbocycles. The molecule has 7 heteroatoms. The van der Waals surface area contributed by atoms with Crippen LogP contribution in [0.4, 0.5) is 13.2 Å². The Morgan fingerprint density at radius 3 is 2.18 bits per heavy atom. The molecule has 0 amide bonds. The lowest BCUT2D eigenvalue weighted by Crippen LogP contribution is -2.05. The van der Waals surface area contributed by atoms with E-state index in [-0.39, 0.29) is 16.4 Å². The summed E-state index contributed by atoms with van der Waals surface area (Å²) in [5, 5.41) is 0.656. The predicted octanol–water partition coefficient (Wildman–Crippen LogP) is 6.70. The maximum atomic E-state index is 13.1. The number of benzene rings is 3. The van der Waals surface area contributed by atoms with Gasteiger partial charge in [-0.15, -0.1) is 0 Å². The topological polar surface area (TPSA) is 52.3 Å². The zero-order valence-electron chi connectivity index (χ0n) is 17.3. The van der Waals surface area contributed by atoms with Gasteiger partial charge in [0.05, 0.1) is 34.7 Å². The summed E-state index contributed by atoms with van der Waals surface area (Å²) in [5.74, 6) is 0.646. The molecule has 0 saturated carbocycles. The minimum Gasteiger partial charge on any atom is -0.497 e. The molecule has 0 fully saturated rings. The molecular formula is C26H16F3NO3. The van der Waals surface area contributed by atoms with Crippen LogP contribution in [0.5, 0.6) is 5.75 Å². The van der Waals surface area contributed by atoms with Gasteiger partial charge in [-0.05, 0) is 54.1 Å². The molecule has 164 valence electrons. The van der Waals surface area contributed by atoms with E-state index in [1.54, 1.807) is 55.6 Å². The number of ether oxygens (including phenoxy) is 1. The van der Waals surface area contributed by atoms with Crippen molar-refractivity contribution in [1.29, 1.82) is 0 Å². The van der Waals surface area contributed by atoms with E-state index in [9.17, 15) is 18.0 Å². The van der Waals surface area contributed by atoms with E-state index in [0.29, 0.717) is 39.1 Å². The van der Waals surface area contributed by atoms with Gasteiger partial charge in [-0.3, -0.25) is 9.78 Å². The van der Waals surface area contributed by atoms with Crippen LogP contribution in [0.1, 0.15) is 5.56 Å². The highest BCUT2D eigenvalue weighted by Gasteiger charge is 2.30. The molecule has 2 heterocycles. The minimum absolute atomic E-state index is 0.251. The first kappa shape index (κ1) is 20.8. The Labute approximate surface area is 185 Å². The molecule has 33 heavy (non-hydrogen) atoms. The van der Waals surface area contributed by atoms with Gasteiger partial charge in [-0.1, -0.05) is 24.3 Å². The van der Waals surface area contributed by atoms with E-state index in [1.165, 1.54) is 18.3 Å². The van der Waals surface area contributed by atoms with Gasteiger partial charge in [0, 0.05) is 11.8 Å². The van der Waals surface area contributed by atoms with E-state index in [1.807, 2.05) is 0 Å². The molecule has 0 N–H and O–H groups in total. The molecule has 5 rings (SSSR count). The second-order valence-electron chi connectivity index (χ2n) is 7.46. The van der Waals surface area contributed by atoms with Gasteiger partial charge in [0.2, 0.25) is 5.43 Å². The van der Waals surface area contributed by atoms with Crippen LogP contribution in [-0.2, 0) is 6.18 Å². The molecule has 5 aromatic rings. The number of methoxy groups -OCH3 is 1. The zero-order chi connectivity index (χ0) is 23.2. The van der Waals surface area contributed by atoms with Crippen LogP contribution in [0.15, 0.2) is 88.2 Å². The smallest absolute Gasteiger partial charge is 0.416 e. The zero-order valence-corrected chi connectivity index (χ0v) is 17.3. The first-order chi connectivity index (χ1) is 15.9. The summed E-state index contributed by atoms with van der Waals surface area (Å²) in [7, 11) is 1.55. The van der Waals surface area contributed by atoms with Gasteiger partial charge in [-0.2, -0.15) is 13.2 Å². The highest BCUT2D eigenvalue weighted by Crippen LogP contribution is 2.38. The average Bonchev–Trinajstić information content (AvgIpc) is 2.83. The van der Waals surface area contributed by atoms with E-state index in [2.05, 4.69) is 4.98 Å². The first-order valence-corrected chi connectivity index (χ1v) is 10.0. The molecule has 0 saturated heterocycles. The van der Waals surface area contributed by atoms with Crippen molar-refractivity contribution in [2.75, 3.05) is 7.11 Å². The number of halogens is 3. The molecule has 2 aromatic heterocycles. The largest absolute Gasteiger partial charge is 0.497 e. The van der Waals surface area contributed by atoms with Crippen molar-refractivity contribution in [1.82, 2.24) is 4.98 Å². The fourth-order valence-electron chi connectivity index (χ4n) is 3.82. The third-order valence-corrected chi connectivity index (χ3v) is 5.48. The van der Waals surface area contributed by atoms with Crippen LogP contribution in [0.3, 0.4) is 0 Å². The number of rotatable bonds is 3. The quantitative estimate of drug-likeness (QED) is 0.289. The average molecular weight is 447 g/mol. The minimum atomic E-state index is -4.46. The van der Waals surface area contributed by atoms with Crippen LogP contribution in [-0.4, -0.2) is 12.1 Å². The highest BCUT2D eigenvalue weighted by molar-refractivity contribution is 6.02. The SMILES string of the molecule is COc1ccc(-c2ncc3c(=O)c4ccccc4oc3c2-c2ccc(C(F)(F)F)cc2)cc1. The normalized spacial score (nSPS) is 11.8. The van der Waals surface area contributed by atoms with Gasteiger partial charge < -0.3 is 9.15 Å². The number of pyridine rings is 1. The highest BCUT2D eigenvalue weighted by atomic mass is 19.4. The Kier molecular flexibility index (Phi) is 4.89. The molecule has 0 spiro atoms. The lowest BCUT2D eigenvalue weighted by molar-refractivity contribution is -0.137. The second kappa shape index (κ2) is 7.78. The van der Waals surface area contributed by atoms with Crippen molar-refractivity contribution in [2.45, 2.75) is 6.18 Å². The summed E-state index contributed by atoms with van der Waals surface area (Å²) in [6, 6.07) is 18.7. The van der Waals surface area contributed by atoms with Gasteiger partial charge in [0.15, 0.2) is 0 Å². The lowest BCUT2D eigenvalue weighted by Gasteiger charge is -2.14. The summed E-state index contributed by atoms with van der Waals surface area (Å²) in [6.45, 7) is 0. The monoisotopic (exact) mass is 447 g/mol. The summed E-state index contributed by atoms with van der Waals surface area (Å²) in [6.07, 6.45) is -3.02. The molecule has 0 bridgehead atoms. The van der Waals surface area contributed by atoms with Crippen LogP contribution in [0.25, 0.3) is 44.3 Å². The number of para-hydroxylation sites is 1. The van der Waals surface area contributed by atoms with Crippen molar-refractivity contribution in [3.05, 3.63) is 94.8 Å². The Hall–Kier alpha value is -4.13. The number of alkyl halides is 3. The van der Waals surface area contributed by atoms with Crippen LogP contribution < -0.4 is 10.2 Å². The summed E-state index contributed by atoms with van der Waals surface area (Å²) in [5.41, 5.74) is 1.69. The van der Waals surface area contributed by atoms with Crippen LogP contribution >= 0.6 is 0 Å². The summed E-state index contributed by atoms with van der Waals surface area (Å²) >= 11 is 0. The van der Waals surface area contributed by atoms with E-state index < -0.39 is 11.7 Å². The maximum Gasteiger partial charge on any atom is 0.416 e. The Morgan fingerprint density at radius 2 is 1.52 bits per heavy atom. The standard InChI is InChI=1S/C26H16F3NO3/c1-32-18-12-8-16(9-13-18)23-22(15-6-10-17(11-7-15)26(27,28)29)25-20(14-30-23)24(31)19-4-2-3-5-21(19)33-25/h2-14H,1H3. The van der Waals surface area contributed by atoms with Crippen molar-refractivity contribution in [3.63, 3.8) is 0 Å². The Bertz CT molecular complexity index is 1540. The molecule has 4 nitrogen and oxygen atoms in total. The fraction of sp³-hybridized carbons (Fsp3) is 0.0769. The number of fused-ring (bicyclic) bond motifs is 2. The van der Waals surface area contributed by atoms with Crippen LogP contribution in [0, 0.1) is 0 Å². The lowest BCUT2D eigenvalue weighted by atomic mass is 9.96. The summed E-state index contributed by atoms with van der Waals surface area (Å²) in [4.78, 5) is 17.6. The van der Waals surface area contributed by atoms with Crippen LogP contribution in [0.2, 0.25) is 0 Å². The van der Waals surface area contributed by atoms with Gasteiger partial charge in [0.1, 0.15) is 16.9 Å². The molecular weight excluding hydrogens is 431 g/mol. The number of aromatic nitrogens is 1. The van der Waals surface area contributed by atoms with Gasteiger partial charge >= 0.3 is 6.18 Å². The third-order valence-electron chi connectivity index (χ3n) is 5.48. The Balaban J connectivity index is 1.84. The molecule has 0 atom stereocenters. The summed E-state index contributed by atoms with van der Waals surface area (Å²) < 4.78 is 50.7. The van der Waals surface area contributed by atoms with Crippen molar-refractivity contribution in [2.24, 2.45) is 0 Å². The molecule has 0 aliphatic rings. The molecule has 0 radical (unpaired) electrons. The van der Waals surface area contributed by atoms with Crippen molar-refractivity contribution < 1.29 is 22.3 Å². The molecule has 0 aliphatic heterocycles. The first-order valence-electron chi connectivity index (χ1n) is 10.0. The number of hydrogen-bond donors (Lipinski definition) is 0. The van der Waals surface area contributed by atoms with Crippen molar-refractivity contribution >= 4 is 21.9 Å².